The van der Waals surface area contributed by atoms with Crippen LogP contribution in [-0.4, -0.2) is 36.5 Å². The quantitative estimate of drug-likeness (QED) is 0.732. The Morgan fingerprint density at radius 3 is 2.95 bits per heavy atom. The van der Waals surface area contributed by atoms with Crippen LogP contribution < -0.4 is 4.90 Å². The first kappa shape index (κ1) is 12.9. The molecule has 7 nitrogen and oxygen atoms in total. The van der Waals surface area contributed by atoms with Crippen LogP contribution in [0.5, 0.6) is 0 Å². The molecule has 3 heterocycles. The van der Waals surface area contributed by atoms with Crippen LogP contribution in [0.3, 0.4) is 0 Å². The van der Waals surface area contributed by atoms with Gasteiger partial charge < -0.3 is 4.90 Å². The van der Waals surface area contributed by atoms with E-state index in [1.807, 2.05) is 17.3 Å². The number of anilines is 1. The van der Waals surface area contributed by atoms with E-state index in [9.17, 15) is 0 Å². The van der Waals surface area contributed by atoms with Gasteiger partial charge in [-0.25, -0.2) is 9.97 Å². The van der Waals surface area contributed by atoms with Gasteiger partial charge in [-0.15, -0.1) is 11.3 Å². The summed E-state index contributed by atoms with van der Waals surface area (Å²) in [6.07, 6.45) is 5.00. The molecule has 0 amide bonds. The highest BCUT2D eigenvalue weighted by molar-refractivity contribution is 7.07. The van der Waals surface area contributed by atoms with Gasteiger partial charge in [-0.2, -0.15) is 15.0 Å². The second-order valence-electron chi connectivity index (χ2n) is 4.01. The molecular weight excluding hydrogens is 298 g/mol. The highest BCUT2D eigenvalue weighted by Gasteiger charge is 2.11. The molecule has 0 radical (unpaired) electrons. The summed E-state index contributed by atoms with van der Waals surface area (Å²) >= 11 is 7.51. The Morgan fingerprint density at radius 1 is 1.35 bits per heavy atom. The van der Waals surface area contributed by atoms with E-state index >= 15 is 0 Å². The first-order valence-corrected chi connectivity index (χ1v) is 7.02. The van der Waals surface area contributed by atoms with E-state index < -0.39 is 0 Å². The summed E-state index contributed by atoms with van der Waals surface area (Å²) in [5.41, 5.74) is 2.75. The molecule has 0 aromatic carbocycles. The van der Waals surface area contributed by atoms with Crippen molar-refractivity contribution in [2.24, 2.45) is 0 Å². The van der Waals surface area contributed by atoms with Gasteiger partial charge in [0, 0.05) is 24.8 Å². The smallest absolute Gasteiger partial charge is 0.241 e. The molecule has 0 spiro atoms. The predicted octanol–water partition coefficient (Wildman–Crippen LogP) is 1.80. The minimum absolute atomic E-state index is 0.142. The second-order valence-corrected chi connectivity index (χ2v) is 5.07. The third kappa shape index (κ3) is 2.75. The summed E-state index contributed by atoms with van der Waals surface area (Å²) < 4.78 is 1.67. The number of hydrogen-bond donors (Lipinski definition) is 0. The molecule has 0 saturated heterocycles. The first-order valence-electron chi connectivity index (χ1n) is 5.70. The number of imidazole rings is 1. The van der Waals surface area contributed by atoms with Crippen LogP contribution in [-0.2, 0) is 6.54 Å². The average Bonchev–Trinajstić information content (AvgIpc) is 3.11. The molecule has 0 saturated carbocycles. The Kier molecular flexibility index (Phi) is 3.57. The molecule has 0 aliphatic carbocycles. The molecule has 3 aromatic rings. The summed E-state index contributed by atoms with van der Waals surface area (Å²) in [5.74, 6) is 0.921. The number of thiazole rings is 1. The summed E-state index contributed by atoms with van der Waals surface area (Å²) in [7, 11) is 1.88. The van der Waals surface area contributed by atoms with Gasteiger partial charge in [-0.1, -0.05) is 0 Å². The van der Waals surface area contributed by atoms with Crippen molar-refractivity contribution >= 4 is 28.9 Å². The van der Waals surface area contributed by atoms with Gasteiger partial charge in [0.2, 0.25) is 17.2 Å². The maximum absolute atomic E-state index is 5.96. The monoisotopic (exact) mass is 307 g/mol. The standard InChI is InChI=1S/C11H10ClN7S/c1-18(4-8-5-20-7-14-8)10-15-9(12)16-11(17-10)19-3-2-13-6-19/h2-3,5-7H,4H2,1H3. The Labute approximate surface area is 123 Å². The van der Waals surface area contributed by atoms with Crippen molar-refractivity contribution in [3.8, 4) is 5.95 Å². The Bertz CT molecular complexity index is 683. The molecule has 0 aliphatic rings. The molecule has 0 atom stereocenters. The third-order valence-corrected chi connectivity index (χ3v) is 3.35. The third-order valence-electron chi connectivity index (χ3n) is 2.54. The lowest BCUT2D eigenvalue weighted by Crippen LogP contribution is -2.20. The highest BCUT2D eigenvalue weighted by atomic mass is 35.5. The van der Waals surface area contributed by atoms with Crippen molar-refractivity contribution in [3.63, 3.8) is 0 Å². The Balaban J connectivity index is 1.89. The molecule has 0 fully saturated rings. The molecule has 20 heavy (non-hydrogen) atoms. The van der Waals surface area contributed by atoms with Gasteiger partial charge in [0.05, 0.1) is 17.7 Å². The molecule has 0 unspecified atom stereocenters. The Morgan fingerprint density at radius 2 is 2.25 bits per heavy atom. The fraction of sp³-hybridized carbons (Fsp3) is 0.182. The van der Waals surface area contributed by atoms with Gasteiger partial charge in [0.15, 0.2) is 0 Å². The highest BCUT2D eigenvalue weighted by Crippen LogP contribution is 2.14. The Hall–Kier alpha value is -2.06. The molecule has 0 N–H and O–H groups in total. The lowest BCUT2D eigenvalue weighted by Gasteiger charge is -2.16. The first-order chi connectivity index (χ1) is 9.72. The van der Waals surface area contributed by atoms with Gasteiger partial charge >= 0.3 is 0 Å². The van der Waals surface area contributed by atoms with E-state index in [2.05, 4.69) is 24.9 Å². The zero-order valence-corrected chi connectivity index (χ0v) is 12.1. The van der Waals surface area contributed by atoms with Crippen LogP contribution in [0.4, 0.5) is 5.95 Å². The summed E-state index contributed by atoms with van der Waals surface area (Å²) in [6, 6.07) is 0. The van der Waals surface area contributed by atoms with Crippen LogP contribution >= 0.6 is 22.9 Å². The molecular formula is C11H10ClN7S. The van der Waals surface area contributed by atoms with Gasteiger partial charge in [-0.3, -0.25) is 4.57 Å². The fourth-order valence-corrected chi connectivity index (χ4v) is 2.32. The van der Waals surface area contributed by atoms with Crippen molar-refractivity contribution in [1.29, 1.82) is 0 Å². The lowest BCUT2D eigenvalue weighted by atomic mass is 10.4. The molecule has 3 aromatic heterocycles. The van der Waals surface area contributed by atoms with E-state index in [1.54, 1.807) is 40.1 Å². The van der Waals surface area contributed by atoms with Crippen molar-refractivity contribution in [3.05, 3.63) is 40.6 Å². The van der Waals surface area contributed by atoms with E-state index in [0.29, 0.717) is 18.4 Å². The van der Waals surface area contributed by atoms with Crippen molar-refractivity contribution < 1.29 is 0 Å². The van der Waals surface area contributed by atoms with E-state index in [1.165, 1.54) is 0 Å². The lowest BCUT2D eigenvalue weighted by molar-refractivity contribution is 0.812. The molecule has 102 valence electrons. The average molecular weight is 308 g/mol. The van der Waals surface area contributed by atoms with E-state index in [4.69, 9.17) is 11.6 Å². The molecule has 9 heteroatoms. The second kappa shape index (κ2) is 5.51. The van der Waals surface area contributed by atoms with Crippen LogP contribution in [0.15, 0.2) is 29.6 Å². The van der Waals surface area contributed by atoms with E-state index in [-0.39, 0.29) is 5.28 Å². The minimum atomic E-state index is 0.142. The number of nitrogens with zero attached hydrogens (tertiary/aromatic N) is 7. The van der Waals surface area contributed by atoms with Crippen LogP contribution in [0.2, 0.25) is 5.28 Å². The summed E-state index contributed by atoms with van der Waals surface area (Å²) in [4.78, 5) is 22.7. The van der Waals surface area contributed by atoms with Crippen molar-refractivity contribution in [1.82, 2.24) is 29.5 Å². The maximum atomic E-state index is 5.96. The van der Waals surface area contributed by atoms with Gasteiger partial charge in [-0.05, 0) is 11.6 Å². The number of rotatable bonds is 4. The number of aromatic nitrogens is 6. The van der Waals surface area contributed by atoms with Gasteiger partial charge in [0.25, 0.3) is 0 Å². The molecule has 3 rings (SSSR count). The van der Waals surface area contributed by atoms with Crippen LogP contribution in [0.25, 0.3) is 5.95 Å². The van der Waals surface area contributed by atoms with Crippen molar-refractivity contribution in [2.75, 3.05) is 11.9 Å². The number of halogens is 1. The SMILES string of the molecule is CN(Cc1cscn1)c1nc(Cl)nc(-n2ccnc2)n1. The van der Waals surface area contributed by atoms with Crippen molar-refractivity contribution in [2.45, 2.75) is 6.54 Å². The van der Waals surface area contributed by atoms with Crippen LogP contribution in [0, 0.1) is 0 Å². The summed E-state index contributed by atoms with van der Waals surface area (Å²) in [5, 5.41) is 2.12. The fourth-order valence-electron chi connectivity index (χ4n) is 1.62. The van der Waals surface area contributed by atoms with Crippen LogP contribution in [0.1, 0.15) is 5.69 Å². The minimum Gasteiger partial charge on any atom is -0.338 e. The normalized spacial score (nSPS) is 10.7. The summed E-state index contributed by atoms with van der Waals surface area (Å²) in [6.45, 7) is 0.604. The largest absolute Gasteiger partial charge is 0.338 e. The predicted molar refractivity (Wildman–Crippen MR) is 76.2 cm³/mol. The zero-order chi connectivity index (χ0) is 13.9. The maximum Gasteiger partial charge on any atom is 0.241 e. The topological polar surface area (TPSA) is 72.6 Å². The zero-order valence-electron chi connectivity index (χ0n) is 10.5. The van der Waals surface area contributed by atoms with Gasteiger partial charge in [0.1, 0.15) is 6.33 Å². The molecule has 0 aliphatic heterocycles. The molecule has 0 bridgehead atoms. The van der Waals surface area contributed by atoms with E-state index in [0.717, 1.165) is 5.69 Å². The number of hydrogen-bond acceptors (Lipinski definition) is 7.